The first-order valence-electron chi connectivity index (χ1n) is 1.76. The maximum atomic E-state index is 9.51. The molecule has 0 spiro atoms. The van der Waals surface area contributed by atoms with Crippen LogP contribution in [0.25, 0.3) is 0 Å². The monoisotopic (exact) mass is 137 g/mol. The van der Waals surface area contributed by atoms with Crippen LogP contribution in [-0.2, 0) is 10.5 Å². The fraction of sp³-hybridized carbons (Fsp3) is 1.00. The summed E-state index contributed by atoms with van der Waals surface area (Å²) in [5.41, 5.74) is 0. The molecule has 0 heterocycles. The Morgan fingerprint density at radius 3 is 2.12 bits per heavy atom. The number of hydrogen-bond acceptors (Lipinski definition) is 5. The first kappa shape index (κ1) is 7.60. The third-order valence-electron chi connectivity index (χ3n) is 0.343. The Morgan fingerprint density at radius 1 is 1.50 bits per heavy atom. The molecule has 0 fully saturated rings. The second-order valence-corrected chi connectivity index (χ2v) is 1.70. The molecule has 2 N–H and O–H groups in total. The molecule has 0 aromatic carbocycles. The van der Waals surface area contributed by atoms with Crippen LogP contribution in [0.1, 0.15) is 0 Å². The summed E-state index contributed by atoms with van der Waals surface area (Å²) in [6, 6.07) is 0. The van der Waals surface area contributed by atoms with Gasteiger partial charge in [0.25, 0.3) is 0 Å². The Labute approximate surface area is 47.8 Å². The Hall–Kier alpha value is -0.395. The van der Waals surface area contributed by atoms with Gasteiger partial charge in [-0.15, -0.1) is 0 Å². The fourth-order valence-corrected chi connectivity index (χ4v) is 0.383. The van der Waals surface area contributed by atoms with E-state index in [1.807, 2.05) is 0 Å². The van der Waals surface area contributed by atoms with Crippen LogP contribution < -0.4 is 0 Å². The molecule has 5 nitrogen and oxygen atoms in total. The normalized spacial score (nSPS) is 8.25. The van der Waals surface area contributed by atoms with Crippen molar-refractivity contribution in [3.63, 3.8) is 0 Å². The SMILES string of the molecule is O=S(=O)=NCB(O)O. The van der Waals surface area contributed by atoms with Gasteiger partial charge in [0.05, 0.1) is 6.44 Å². The maximum Gasteiger partial charge on any atom is 0.475 e. The van der Waals surface area contributed by atoms with Crippen molar-refractivity contribution < 1.29 is 18.5 Å². The van der Waals surface area contributed by atoms with E-state index < -0.39 is 24.1 Å². The molecule has 46 valence electrons. The van der Waals surface area contributed by atoms with Crippen molar-refractivity contribution in [2.24, 2.45) is 4.36 Å². The Bertz CT molecular complexity index is 162. The van der Waals surface area contributed by atoms with Crippen LogP contribution in [0.3, 0.4) is 0 Å². The minimum absolute atomic E-state index is 0.490. The van der Waals surface area contributed by atoms with Crippen LogP contribution >= 0.6 is 0 Å². The van der Waals surface area contributed by atoms with E-state index >= 15 is 0 Å². The largest absolute Gasteiger partial charge is 0.475 e. The number of rotatable bonds is 2. The molecule has 0 saturated heterocycles. The topological polar surface area (TPSA) is 87.0 Å². The summed E-state index contributed by atoms with van der Waals surface area (Å²) < 4.78 is 21.8. The molecule has 0 aromatic rings. The van der Waals surface area contributed by atoms with Crippen molar-refractivity contribution in [3.05, 3.63) is 0 Å². The van der Waals surface area contributed by atoms with E-state index in [1.54, 1.807) is 0 Å². The average Bonchev–Trinajstić information content (AvgIpc) is 1.61. The lowest BCUT2D eigenvalue weighted by atomic mass is 9.94. The number of nitrogens with zero attached hydrogens (tertiary/aromatic N) is 1. The highest BCUT2D eigenvalue weighted by Crippen LogP contribution is 1.68. The van der Waals surface area contributed by atoms with Crippen LogP contribution in [0.2, 0.25) is 0 Å². The van der Waals surface area contributed by atoms with Gasteiger partial charge < -0.3 is 10.0 Å². The summed E-state index contributed by atoms with van der Waals surface area (Å²) >= 11 is 0. The van der Waals surface area contributed by atoms with E-state index in [0.29, 0.717) is 0 Å². The molecule has 0 amide bonds. The third kappa shape index (κ3) is 5.60. The standard InChI is InChI=1S/CH4BNO4S/c4-2(5)1-3-8(6)7/h4-5H,1H2. The van der Waals surface area contributed by atoms with Crippen molar-refractivity contribution in [2.75, 3.05) is 6.44 Å². The minimum atomic E-state index is -2.53. The second kappa shape index (κ2) is 3.59. The van der Waals surface area contributed by atoms with Gasteiger partial charge in [-0.2, -0.15) is 12.8 Å². The van der Waals surface area contributed by atoms with Gasteiger partial charge in [0.2, 0.25) is 0 Å². The summed E-state index contributed by atoms with van der Waals surface area (Å²) in [7, 11) is -4.20. The zero-order chi connectivity index (χ0) is 6.57. The minimum Gasteiger partial charge on any atom is -0.426 e. The van der Waals surface area contributed by atoms with Crippen molar-refractivity contribution in [3.8, 4) is 0 Å². The molecule has 0 aliphatic rings. The predicted molar refractivity (Wildman–Crippen MR) is 26.4 cm³/mol. The first-order valence-corrected chi connectivity index (χ1v) is 2.79. The van der Waals surface area contributed by atoms with Crippen molar-refractivity contribution >= 4 is 17.6 Å². The zero-order valence-corrected chi connectivity index (χ0v) is 4.67. The van der Waals surface area contributed by atoms with Gasteiger partial charge in [0, 0.05) is 0 Å². The Balaban J connectivity index is 3.62. The van der Waals surface area contributed by atoms with Crippen LogP contribution in [0, 0.1) is 0 Å². The molecule has 0 aliphatic carbocycles. The van der Waals surface area contributed by atoms with Gasteiger partial charge in [0.15, 0.2) is 0 Å². The summed E-state index contributed by atoms with van der Waals surface area (Å²) in [5.74, 6) is 0. The van der Waals surface area contributed by atoms with Crippen LogP contribution in [0.5, 0.6) is 0 Å². The van der Waals surface area contributed by atoms with E-state index in [1.165, 1.54) is 0 Å². The molecule has 0 bridgehead atoms. The van der Waals surface area contributed by atoms with E-state index in [4.69, 9.17) is 10.0 Å². The predicted octanol–water partition coefficient (Wildman–Crippen LogP) is -1.94. The third-order valence-corrected chi connectivity index (χ3v) is 0.703. The van der Waals surface area contributed by atoms with Gasteiger partial charge in [-0.05, 0) is 0 Å². The van der Waals surface area contributed by atoms with Gasteiger partial charge in [-0.3, -0.25) is 0 Å². The molecule has 0 aromatic heterocycles. The highest BCUT2D eigenvalue weighted by molar-refractivity contribution is 7.61. The summed E-state index contributed by atoms with van der Waals surface area (Å²) in [6.45, 7) is 0. The van der Waals surface area contributed by atoms with E-state index in [2.05, 4.69) is 4.36 Å². The Morgan fingerprint density at radius 2 is 2.00 bits per heavy atom. The Kier molecular flexibility index (Phi) is 3.41. The van der Waals surface area contributed by atoms with Crippen LogP contribution in [0.4, 0.5) is 0 Å². The van der Waals surface area contributed by atoms with Gasteiger partial charge >= 0.3 is 17.6 Å². The lowest BCUT2D eigenvalue weighted by Gasteiger charge is -1.82. The molecule has 0 aliphatic heterocycles. The van der Waals surface area contributed by atoms with E-state index in [-0.39, 0.29) is 0 Å². The van der Waals surface area contributed by atoms with Gasteiger partial charge in [-0.25, -0.2) is 0 Å². The molecule has 7 heteroatoms. The highest BCUT2D eigenvalue weighted by atomic mass is 32.2. The molecule has 0 radical (unpaired) electrons. The van der Waals surface area contributed by atoms with Crippen LogP contribution in [-0.4, -0.2) is 32.0 Å². The molecule has 0 saturated carbocycles. The quantitative estimate of drug-likeness (QED) is 0.433. The highest BCUT2D eigenvalue weighted by Gasteiger charge is 2.02. The van der Waals surface area contributed by atoms with Gasteiger partial charge in [0.1, 0.15) is 0 Å². The average molecular weight is 137 g/mol. The molecular formula is CH4BNO4S. The lowest BCUT2D eigenvalue weighted by molar-refractivity contribution is 0.408. The number of hydrogen-bond donors (Lipinski definition) is 2. The lowest BCUT2D eigenvalue weighted by Crippen LogP contribution is -2.15. The second-order valence-electron chi connectivity index (χ2n) is 1.01. The van der Waals surface area contributed by atoms with Crippen molar-refractivity contribution in [1.29, 1.82) is 0 Å². The van der Waals surface area contributed by atoms with Gasteiger partial charge in [-0.1, -0.05) is 0 Å². The zero-order valence-electron chi connectivity index (χ0n) is 3.85. The first-order chi connectivity index (χ1) is 3.63. The summed E-state index contributed by atoms with van der Waals surface area (Å²) in [6.07, 6.45) is -0.490. The summed E-state index contributed by atoms with van der Waals surface area (Å²) in [5, 5.41) is 16.0. The van der Waals surface area contributed by atoms with Crippen molar-refractivity contribution in [1.82, 2.24) is 0 Å². The molecule has 0 rings (SSSR count). The van der Waals surface area contributed by atoms with E-state index in [9.17, 15) is 8.42 Å². The van der Waals surface area contributed by atoms with E-state index in [0.717, 1.165) is 0 Å². The molecule has 0 unspecified atom stereocenters. The van der Waals surface area contributed by atoms with Crippen LogP contribution in [0.15, 0.2) is 4.36 Å². The fourth-order valence-electron chi connectivity index (χ4n) is 0.128. The molecule has 8 heavy (non-hydrogen) atoms. The smallest absolute Gasteiger partial charge is 0.426 e. The maximum absolute atomic E-state index is 9.51. The molecule has 0 atom stereocenters. The van der Waals surface area contributed by atoms with Crippen molar-refractivity contribution in [2.45, 2.75) is 0 Å². The summed E-state index contributed by atoms with van der Waals surface area (Å²) in [4.78, 5) is 0. The molecular weight excluding hydrogens is 133 g/mol.